The third-order valence-corrected chi connectivity index (χ3v) is 1.37. The van der Waals surface area contributed by atoms with Crippen molar-refractivity contribution in [1.82, 2.24) is 0 Å². The highest BCUT2D eigenvalue weighted by Crippen LogP contribution is 2.17. The van der Waals surface area contributed by atoms with Gasteiger partial charge in [0, 0.05) is 6.07 Å². The van der Waals surface area contributed by atoms with Crippen LogP contribution in [0.4, 0.5) is 5.69 Å². The molecule has 0 aliphatic heterocycles. The number of halogens is 1. The average Bonchev–Trinajstić information content (AvgIpc) is 2.03. The van der Waals surface area contributed by atoms with E-state index in [9.17, 15) is 0 Å². The lowest BCUT2D eigenvalue weighted by atomic mass is 10.3. The third-order valence-electron chi connectivity index (χ3n) is 1.37. The zero-order valence-electron chi connectivity index (χ0n) is 7.78. The van der Waals surface area contributed by atoms with E-state index in [1.807, 2.05) is 38.1 Å². The van der Waals surface area contributed by atoms with Crippen LogP contribution in [0.1, 0.15) is 13.8 Å². The number of nitrogen functional groups attached to an aromatic ring is 1. The number of hydrogen-bond acceptors (Lipinski definition) is 3. The Hall–Kier alpha value is -0.930. The lowest BCUT2D eigenvalue weighted by Gasteiger charge is -2.10. The summed E-state index contributed by atoms with van der Waals surface area (Å²) in [4.78, 5) is 0. The maximum atomic E-state index is 5.46. The predicted octanol–water partition coefficient (Wildman–Crippen LogP) is 2.18. The zero-order chi connectivity index (χ0) is 8.97. The Bertz CT molecular complexity index is 253. The van der Waals surface area contributed by atoms with E-state index in [2.05, 4.69) is 5.43 Å². The van der Waals surface area contributed by atoms with Crippen molar-refractivity contribution < 1.29 is 4.74 Å². The fraction of sp³-hybridized carbons (Fsp3) is 0.333. The first kappa shape index (κ1) is 12.1. The smallest absolute Gasteiger partial charge is 0.121 e. The molecule has 0 spiro atoms. The van der Waals surface area contributed by atoms with Crippen LogP contribution in [0.15, 0.2) is 24.3 Å². The molecule has 3 nitrogen and oxygen atoms in total. The zero-order valence-corrected chi connectivity index (χ0v) is 8.60. The van der Waals surface area contributed by atoms with Gasteiger partial charge >= 0.3 is 0 Å². The van der Waals surface area contributed by atoms with Gasteiger partial charge in [-0.05, 0) is 26.0 Å². The fourth-order valence-corrected chi connectivity index (χ4v) is 0.931. The molecule has 0 unspecified atom stereocenters. The highest BCUT2D eigenvalue weighted by Gasteiger charge is 1.97. The van der Waals surface area contributed by atoms with Gasteiger partial charge in [-0.15, -0.1) is 12.4 Å². The van der Waals surface area contributed by atoms with E-state index in [0.29, 0.717) is 0 Å². The van der Waals surface area contributed by atoms with Gasteiger partial charge in [-0.25, -0.2) is 0 Å². The number of hydrogen-bond donors (Lipinski definition) is 2. The van der Waals surface area contributed by atoms with Gasteiger partial charge < -0.3 is 10.2 Å². The minimum Gasteiger partial charge on any atom is -0.491 e. The van der Waals surface area contributed by atoms with E-state index in [1.54, 1.807) is 0 Å². The standard InChI is InChI=1S/C9H14N2O.ClH/c1-7(2)12-9-5-3-4-8(6-9)11-10;/h3-7,11H,10H2,1-2H3;1H. The maximum absolute atomic E-state index is 5.46. The number of benzene rings is 1. The Morgan fingerprint density at radius 2 is 2.08 bits per heavy atom. The third kappa shape index (κ3) is 4.01. The van der Waals surface area contributed by atoms with Crippen LogP contribution in [0.2, 0.25) is 0 Å². The van der Waals surface area contributed by atoms with Crippen LogP contribution in [0.25, 0.3) is 0 Å². The van der Waals surface area contributed by atoms with Gasteiger partial charge in [0.05, 0.1) is 11.8 Å². The minimum atomic E-state index is 0. The van der Waals surface area contributed by atoms with Crippen LogP contribution >= 0.6 is 12.4 Å². The fourth-order valence-electron chi connectivity index (χ4n) is 0.931. The molecule has 0 atom stereocenters. The number of nitrogens with two attached hydrogens (primary N) is 1. The minimum absolute atomic E-state index is 0. The predicted molar refractivity (Wildman–Crippen MR) is 57.3 cm³/mol. The lowest BCUT2D eigenvalue weighted by Crippen LogP contribution is -2.08. The van der Waals surface area contributed by atoms with E-state index in [0.717, 1.165) is 11.4 Å². The van der Waals surface area contributed by atoms with Gasteiger partial charge in [0.1, 0.15) is 5.75 Å². The van der Waals surface area contributed by atoms with Crippen molar-refractivity contribution in [1.29, 1.82) is 0 Å². The Morgan fingerprint density at radius 3 is 2.62 bits per heavy atom. The van der Waals surface area contributed by atoms with Gasteiger partial charge in [-0.2, -0.15) is 0 Å². The summed E-state index contributed by atoms with van der Waals surface area (Å²) in [5.74, 6) is 6.08. The molecule has 3 N–H and O–H groups in total. The summed E-state index contributed by atoms with van der Waals surface area (Å²) < 4.78 is 5.46. The van der Waals surface area contributed by atoms with E-state index in [1.165, 1.54) is 0 Å². The van der Waals surface area contributed by atoms with E-state index in [-0.39, 0.29) is 18.5 Å². The van der Waals surface area contributed by atoms with Crippen molar-refractivity contribution in [2.45, 2.75) is 20.0 Å². The summed E-state index contributed by atoms with van der Waals surface area (Å²) in [6.45, 7) is 3.98. The van der Waals surface area contributed by atoms with Gasteiger partial charge in [-0.3, -0.25) is 5.84 Å². The van der Waals surface area contributed by atoms with Crippen molar-refractivity contribution in [3.8, 4) is 5.75 Å². The molecule has 0 aliphatic rings. The van der Waals surface area contributed by atoms with E-state index in [4.69, 9.17) is 10.6 Å². The molecule has 0 heterocycles. The number of hydrazine groups is 1. The van der Waals surface area contributed by atoms with E-state index >= 15 is 0 Å². The topological polar surface area (TPSA) is 47.3 Å². The van der Waals surface area contributed by atoms with Gasteiger partial charge in [0.2, 0.25) is 0 Å². The van der Waals surface area contributed by atoms with Crippen molar-refractivity contribution in [3.63, 3.8) is 0 Å². The van der Waals surface area contributed by atoms with Crippen LogP contribution in [0, 0.1) is 0 Å². The van der Waals surface area contributed by atoms with Crippen LogP contribution in [-0.4, -0.2) is 6.10 Å². The summed E-state index contributed by atoms with van der Waals surface area (Å²) in [7, 11) is 0. The second kappa shape index (κ2) is 5.67. The first-order valence-corrected chi connectivity index (χ1v) is 3.95. The van der Waals surface area contributed by atoms with Crippen molar-refractivity contribution in [2.24, 2.45) is 5.84 Å². The molecule has 0 saturated heterocycles. The van der Waals surface area contributed by atoms with Crippen LogP contribution in [0.5, 0.6) is 5.75 Å². The lowest BCUT2D eigenvalue weighted by molar-refractivity contribution is 0.242. The second-order valence-electron chi connectivity index (χ2n) is 2.84. The Kier molecular flexibility index (Phi) is 5.26. The quantitative estimate of drug-likeness (QED) is 0.584. The summed E-state index contributed by atoms with van der Waals surface area (Å²) >= 11 is 0. The molecule has 13 heavy (non-hydrogen) atoms. The maximum Gasteiger partial charge on any atom is 0.121 e. The number of anilines is 1. The normalized spacial score (nSPS) is 9.23. The molecule has 74 valence electrons. The number of rotatable bonds is 3. The van der Waals surface area contributed by atoms with Crippen LogP contribution in [0.3, 0.4) is 0 Å². The molecule has 0 radical (unpaired) electrons. The second-order valence-corrected chi connectivity index (χ2v) is 2.84. The van der Waals surface area contributed by atoms with Crippen LogP contribution in [-0.2, 0) is 0 Å². The van der Waals surface area contributed by atoms with E-state index < -0.39 is 0 Å². The Morgan fingerprint density at radius 1 is 1.38 bits per heavy atom. The van der Waals surface area contributed by atoms with Gasteiger partial charge in [0.25, 0.3) is 0 Å². The molecule has 0 aromatic heterocycles. The molecule has 1 rings (SSSR count). The summed E-state index contributed by atoms with van der Waals surface area (Å²) in [5, 5.41) is 0. The van der Waals surface area contributed by atoms with Crippen LogP contribution < -0.4 is 16.0 Å². The molecule has 0 bridgehead atoms. The largest absolute Gasteiger partial charge is 0.491 e. The Labute approximate surface area is 84.7 Å². The van der Waals surface area contributed by atoms with Gasteiger partial charge in [0.15, 0.2) is 0 Å². The first-order chi connectivity index (χ1) is 5.72. The highest BCUT2D eigenvalue weighted by molar-refractivity contribution is 5.85. The number of nitrogens with one attached hydrogen (secondary N) is 1. The summed E-state index contributed by atoms with van der Waals surface area (Å²) in [6.07, 6.45) is 0.193. The van der Waals surface area contributed by atoms with Crippen molar-refractivity contribution in [3.05, 3.63) is 24.3 Å². The summed E-state index contributed by atoms with van der Waals surface area (Å²) in [6, 6.07) is 7.54. The first-order valence-electron chi connectivity index (χ1n) is 3.95. The van der Waals surface area contributed by atoms with Crippen molar-refractivity contribution in [2.75, 3.05) is 5.43 Å². The number of ether oxygens (including phenoxy) is 1. The molecule has 0 saturated carbocycles. The Balaban J connectivity index is 0.00000144. The monoisotopic (exact) mass is 202 g/mol. The average molecular weight is 203 g/mol. The molecule has 0 fully saturated rings. The van der Waals surface area contributed by atoms with Gasteiger partial charge in [-0.1, -0.05) is 6.07 Å². The SMILES string of the molecule is CC(C)Oc1cccc(NN)c1.Cl. The highest BCUT2D eigenvalue weighted by atomic mass is 35.5. The molecule has 1 aromatic carbocycles. The molecule has 0 aliphatic carbocycles. The molecule has 4 heteroatoms. The molecular weight excluding hydrogens is 188 g/mol. The molecule has 1 aromatic rings. The van der Waals surface area contributed by atoms with Crippen molar-refractivity contribution >= 4 is 18.1 Å². The molecule has 0 amide bonds. The summed E-state index contributed by atoms with van der Waals surface area (Å²) in [5.41, 5.74) is 3.42. The molecular formula is C9H15ClN2O.